The minimum absolute atomic E-state index is 0.0416. The third-order valence-electron chi connectivity index (χ3n) is 25.2. The number of fused-ring (bicyclic) bond motifs is 3. The van der Waals surface area contributed by atoms with Gasteiger partial charge in [-0.3, -0.25) is 39.0 Å². The lowest BCUT2D eigenvalue weighted by Crippen LogP contribution is -2.40. The van der Waals surface area contributed by atoms with E-state index in [0.29, 0.717) is 81.4 Å². The molecule has 0 bridgehead atoms. The largest absolute Gasteiger partial charge is 0.505 e. The summed E-state index contributed by atoms with van der Waals surface area (Å²) in [6.45, 7) is 29.2. The first-order valence-corrected chi connectivity index (χ1v) is 49.9. The predicted octanol–water partition coefficient (Wildman–Crippen LogP) is 24.5. The van der Waals surface area contributed by atoms with E-state index in [-0.39, 0.29) is 86.4 Å². The Morgan fingerprint density at radius 1 is 0.559 bits per heavy atom. The number of aromatic nitrogens is 4. The Kier molecular flexibility index (Phi) is 36.1. The summed E-state index contributed by atoms with van der Waals surface area (Å²) >= 11 is 19.9. The number of unbranched alkanes of at least 4 members (excludes halogenated alkanes) is 2. The summed E-state index contributed by atoms with van der Waals surface area (Å²) in [5, 5.41) is 32.1. The van der Waals surface area contributed by atoms with Crippen molar-refractivity contribution in [1.29, 1.82) is 0 Å². The number of nitrogens with two attached hydrogens (primary N) is 5. The standard InChI is InChI=1S/C31H26N4O2.C26H25N3OS.C20H23N3O2.C17H12Cl3N3O2.C14H23NO.C9H14N2/c32-26-17-9-7-15-23(26)20-33-31(37)29(22-13-5-2-6-14-22)35-30(36)25-19-28(21-11-3-1-4-12-21)34-27-18-10-8-16-24(25)27;1-17-22(11-6-7-15-27)28-26(30)29(17)23-14-13-21(19-9-3-4-10-20(19)23)25-16-18-8-2-5-12-24(18)31-25;1-14-6-2-3-7-17(14)15-9-11-16(12-10-15)23-19(24)18(22-20(23)25)8-4-5-13-21;1-9-3-2-4-10(5-9)17(25)21-14-8-15(24)23(22-14)16-12(19)6-11(18)7-13(16)20;1-13(2,3)9-7-10(14(4,5)6)12(16)11(15)8-9;1-6-7(2)9(4-10)5-11-8(6)3/h1-19,29H,20,32H2,(H,33,37)(H,35,36);2-5,8-10,12-14,16,22H,1,6-7,11,15,27H2,(H,28,30);2-3,6-7,9-12,18H,4-5,8,13,21H2,1H3,(H,22,25);2-8,22H,1H3,(H,21,25);7-8,16H,15H2,1-6H3;5H,4,10H2,1-3H3/t;22-;18-;;;/m.00.../s1. The molecule has 0 aliphatic carbocycles. The Hall–Kier alpha value is -15.1. The number of nitrogen functional groups attached to an aromatic ring is 2. The number of hydrogen-bond acceptors (Lipinski definition) is 16. The van der Waals surface area contributed by atoms with Gasteiger partial charge in [0.1, 0.15) is 29.3 Å². The molecule has 4 aromatic heterocycles. The molecule has 28 heteroatoms. The number of imide groups is 1. The number of nitrogens with one attached hydrogen (secondary N) is 6. The maximum absolute atomic E-state index is 13.7. The Labute approximate surface area is 864 Å². The fraction of sp³-hybridized carbons (Fsp3) is 0.222. The number of urea groups is 2. The van der Waals surface area contributed by atoms with Crippen LogP contribution in [0.2, 0.25) is 15.1 Å². The number of aryl methyl sites for hydroxylation is 3. The first-order chi connectivity index (χ1) is 69.4. The molecule has 746 valence electrons. The quantitative estimate of drug-likeness (QED) is 0.0123. The van der Waals surface area contributed by atoms with Crippen molar-refractivity contribution in [3.05, 3.63) is 396 Å². The van der Waals surface area contributed by atoms with E-state index in [1.54, 1.807) is 46.6 Å². The molecule has 24 nitrogen and oxygen atoms in total. The molecule has 2 fully saturated rings. The predicted molar refractivity (Wildman–Crippen MR) is 594 cm³/mol. The lowest BCUT2D eigenvalue weighted by Gasteiger charge is -2.26. The molecule has 2 aliphatic heterocycles. The van der Waals surface area contributed by atoms with Crippen LogP contribution in [-0.2, 0) is 33.5 Å². The van der Waals surface area contributed by atoms with Gasteiger partial charge < -0.3 is 60.4 Å². The Morgan fingerprint density at radius 2 is 1.17 bits per heavy atom. The van der Waals surface area contributed by atoms with Gasteiger partial charge in [-0.15, -0.1) is 11.3 Å². The topological polar surface area (TPSA) is 383 Å². The highest BCUT2D eigenvalue weighted by Crippen LogP contribution is 2.44. The van der Waals surface area contributed by atoms with Gasteiger partial charge in [0.2, 0.25) is 5.91 Å². The molecule has 0 spiro atoms. The van der Waals surface area contributed by atoms with E-state index in [9.17, 15) is 38.7 Å². The van der Waals surface area contributed by atoms with Gasteiger partial charge in [0, 0.05) is 84.5 Å². The average Bonchev–Trinajstić information content (AvgIpc) is 1.59. The number of aromatic hydroxyl groups is 1. The molecule has 1 unspecified atom stereocenters. The van der Waals surface area contributed by atoms with Gasteiger partial charge in [-0.1, -0.05) is 289 Å². The number of phenolic OH excluding ortho intramolecular Hbond substituents is 1. The molecule has 12 aromatic carbocycles. The summed E-state index contributed by atoms with van der Waals surface area (Å²) < 4.78 is 2.42. The van der Waals surface area contributed by atoms with Crippen molar-refractivity contribution in [2.75, 3.05) is 39.7 Å². The van der Waals surface area contributed by atoms with Crippen molar-refractivity contribution >= 4 is 142 Å². The van der Waals surface area contributed by atoms with Crippen LogP contribution >= 0.6 is 46.1 Å². The Bertz CT molecular complexity index is 7390. The third-order valence-corrected chi connectivity index (χ3v) is 27.2. The number of nitrogens with zero attached hydrogens (tertiary/aromatic N) is 5. The van der Waals surface area contributed by atoms with Crippen LogP contribution in [0.4, 0.5) is 38.2 Å². The summed E-state index contributed by atoms with van der Waals surface area (Å²) in [7, 11) is 0. The molecule has 17 N–H and O–H groups in total. The number of para-hydroxylation sites is 2. The van der Waals surface area contributed by atoms with Gasteiger partial charge >= 0.3 is 12.1 Å². The van der Waals surface area contributed by atoms with Crippen molar-refractivity contribution < 1.29 is 33.9 Å². The fourth-order valence-electron chi connectivity index (χ4n) is 16.9. The van der Waals surface area contributed by atoms with Crippen LogP contribution < -0.4 is 70.6 Å². The highest BCUT2D eigenvalue weighted by atomic mass is 35.5. The molecule has 2 saturated heterocycles. The second-order valence-electron chi connectivity index (χ2n) is 37.6. The minimum atomic E-state index is -0.897. The number of halogens is 3. The van der Waals surface area contributed by atoms with Gasteiger partial charge in [0.15, 0.2) is 0 Å². The van der Waals surface area contributed by atoms with Crippen LogP contribution in [-0.4, -0.2) is 85.7 Å². The molecule has 2 aliphatic rings. The molecule has 6 heterocycles. The molecule has 16 aromatic rings. The smallest absolute Gasteiger partial charge is 0.329 e. The SMILES string of the molecule is C=C1[C@H](CCCCN)NC(=O)N1c1ccc(-c2cc3ccccc3s2)c2ccccc12.CC(C)(C)c1cc(N)c(O)c(C(C)(C)C)c1.Cc1cccc(C(=O)Nc2cc(=O)n(-c3c(Cl)cc(Cl)cc3Cl)[nH]2)c1.Cc1ccccc1-c1ccc(N2C(=O)N[C@@H](CCCCN)C2=O)cc1.Cc1ncc(CN)c(C)c1C.Nc1ccccc1CNC(=O)C(NC(=O)c1cc(-c2ccccc2)nc2ccccc12)c1ccccc1. The molecule has 8 amide bonds. The number of benzene rings is 12. The van der Waals surface area contributed by atoms with Crippen LogP contribution in [0, 0.1) is 34.6 Å². The number of anilines is 5. The van der Waals surface area contributed by atoms with E-state index >= 15 is 0 Å². The zero-order valence-corrected chi connectivity index (χ0v) is 86.3. The number of thiophene rings is 1. The van der Waals surface area contributed by atoms with Gasteiger partial charge in [-0.05, 0) is 242 Å². The maximum Gasteiger partial charge on any atom is 0.329 e. The Balaban J connectivity index is 0.000000151. The van der Waals surface area contributed by atoms with Crippen molar-refractivity contribution in [2.24, 2.45) is 17.2 Å². The first-order valence-electron chi connectivity index (χ1n) is 48.0. The highest BCUT2D eigenvalue weighted by Gasteiger charge is 2.39. The number of rotatable bonds is 23. The van der Waals surface area contributed by atoms with E-state index in [1.165, 1.54) is 60.3 Å². The van der Waals surface area contributed by atoms with E-state index < -0.39 is 17.6 Å². The van der Waals surface area contributed by atoms with E-state index in [1.807, 2.05) is 178 Å². The number of aromatic amines is 1. The van der Waals surface area contributed by atoms with Crippen LogP contribution in [0.5, 0.6) is 5.75 Å². The van der Waals surface area contributed by atoms with E-state index in [0.717, 1.165) is 109 Å². The molecular weight excluding hydrogens is 1900 g/mol. The van der Waals surface area contributed by atoms with Crippen molar-refractivity contribution in [1.82, 2.24) is 41.0 Å². The summed E-state index contributed by atoms with van der Waals surface area (Å²) in [5.41, 5.74) is 48.8. The monoisotopic (exact) mass is 2020 g/mol. The molecule has 18 rings (SSSR count). The number of H-pyrrole nitrogens is 1. The Morgan fingerprint density at radius 3 is 1.83 bits per heavy atom. The molecule has 0 radical (unpaired) electrons. The summed E-state index contributed by atoms with van der Waals surface area (Å²) in [6.07, 6.45) is 6.94. The van der Waals surface area contributed by atoms with E-state index in [4.69, 9.17) is 68.5 Å². The first kappa shape index (κ1) is 107. The maximum atomic E-state index is 13.7. The minimum Gasteiger partial charge on any atom is -0.505 e. The number of phenols is 1. The lowest BCUT2D eigenvalue weighted by molar-refractivity contribution is -0.123. The van der Waals surface area contributed by atoms with Crippen LogP contribution in [0.1, 0.15) is 163 Å². The van der Waals surface area contributed by atoms with Crippen molar-refractivity contribution in [3.63, 3.8) is 0 Å². The zero-order chi connectivity index (χ0) is 104. The number of pyridine rings is 2. The fourth-order valence-corrected chi connectivity index (χ4v) is 19.0. The number of hydrogen-bond donors (Lipinski definition) is 12. The summed E-state index contributed by atoms with van der Waals surface area (Å²) in [6, 6.07) is 87.7. The van der Waals surface area contributed by atoms with Gasteiger partial charge in [0.05, 0.1) is 49.9 Å². The van der Waals surface area contributed by atoms with Gasteiger partial charge in [-0.2, -0.15) is 0 Å². The lowest BCUT2D eigenvalue weighted by atomic mass is 9.80. The number of carbonyl (C=O) groups is 6. The van der Waals surface area contributed by atoms with Crippen LogP contribution in [0.3, 0.4) is 0 Å². The molecule has 0 saturated carbocycles. The summed E-state index contributed by atoms with van der Waals surface area (Å²) in [4.78, 5) is 102. The second kappa shape index (κ2) is 48.8. The van der Waals surface area contributed by atoms with Crippen molar-refractivity contribution in [2.45, 2.75) is 157 Å². The highest BCUT2D eigenvalue weighted by molar-refractivity contribution is 7.22. The number of carbonyl (C=O) groups excluding carboxylic acids is 6. The molecule has 145 heavy (non-hydrogen) atoms. The van der Waals surface area contributed by atoms with Crippen molar-refractivity contribution in [3.8, 4) is 44.3 Å². The average molecular weight is 2020 g/mol. The number of amides is 8. The summed E-state index contributed by atoms with van der Waals surface area (Å²) in [5.74, 6) is -0.779. The third kappa shape index (κ3) is 26.7. The van der Waals surface area contributed by atoms with Crippen LogP contribution in [0.25, 0.3) is 70.3 Å². The molecule has 3 atom stereocenters. The normalized spacial score (nSPS) is 13.4. The van der Waals surface area contributed by atoms with Gasteiger partial charge in [-0.25, -0.2) is 24.2 Å². The van der Waals surface area contributed by atoms with Crippen LogP contribution in [0.15, 0.2) is 308 Å². The molecular formula is C117H123Cl3N16O8S. The van der Waals surface area contributed by atoms with E-state index in [2.05, 4.69) is 184 Å². The van der Waals surface area contributed by atoms with Gasteiger partial charge in [0.25, 0.3) is 23.3 Å². The second-order valence-corrected chi connectivity index (χ2v) is 39.9. The zero-order valence-electron chi connectivity index (χ0n) is 83.2.